The van der Waals surface area contributed by atoms with Crippen molar-refractivity contribution < 1.29 is 13.9 Å². The van der Waals surface area contributed by atoms with Crippen LogP contribution in [0, 0.1) is 5.82 Å². The fraction of sp³-hybridized carbons (Fsp3) is 0.133. The molecular weight excluding hydrogens is 281 g/mol. The van der Waals surface area contributed by atoms with Gasteiger partial charge >= 0.3 is 5.97 Å². The highest BCUT2D eigenvalue weighted by molar-refractivity contribution is 6.33. The first kappa shape index (κ1) is 14.3. The number of ether oxygens (including phenoxy) is 1. The van der Waals surface area contributed by atoms with E-state index in [0.29, 0.717) is 16.4 Å². The van der Waals surface area contributed by atoms with Crippen LogP contribution in [-0.2, 0) is 4.74 Å². The van der Waals surface area contributed by atoms with Crippen LogP contribution in [0.4, 0.5) is 15.8 Å². The highest BCUT2D eigenvalue weighted by Gasteiger charge is 2.15. The standard InChI is InChI=1S/C15H13ClFNO2/c1-18(14-6-4-3-5-13(14)17)10-7-8-12(16)11(9-10)15(19)20-2/h3-9H,1-2H3. The van der Waals surface area contributed by atoms with Crippen LogP contribution >= 0.6 is 11.6 Å². The molecule has 3 nitrogen and oxygen atoms in total. The number of hydrogen-bond acceptors (Lipinski definition) is 3. The van der Waals surface area contributed by atoms with E-state index in [1.54, 1.807) is 48.3 Å². The molecule has 0 unspecified atom stereocenters. The van der Waals surface area contributed by atoms with Crippen LogP contribution in [0.15, 0.2) is 42.5 Å². The summed E-state index contributed by atoms with van der Waals surface area (Å²) in [5.41, 5.74) is 1.29. The van der Waals surface area contributed by atoms with E-state index < -0.39 is 5.97 Å². The molecule has 0 N–H and O–H groups in total. The van der Waals surface area contributed by atoms with Crippen LogP contribution in [0.2, 0.25) is 5.02 Å². The van der Waals surface area contributed by atoms with E-state index in [0.717, 1.165) is 0 Å². The van der Waals surface area contributed by atoms with Crippen molar-refractivity contribution in [2.75, 3.05) is 19.1 Å². The molecule has 2 aromatic carbocycles. The molecule has 0 amide bonds. The van der Waals surface area contributed by atoms with Crippen LogP contribution in [0.25, 0.3) is 0 Å². The highest BCUT2D eigenvalue weighted by atomic mass is 35.5. The molecule has 0 aliphatic carbocycles. The minimum atomic E-state index is -0.529. The third-order valence-electron chi connectivity index (χ3n) is 2.96. The van der Waals surface area contributed by atoms with Gasteiger partial charge in [0.25, 0.3) is 0 Å². The van der Waals surface area contributed by atoms with Crippen LogP contribution in [0.1, 0.15) is 10.4 Å². The highest BCUT2D eigenvalue weighted by Crippen LogP contribution is 2.29. The Morgan fingerprint density at radius 2 is 1.95 bits per heavy atom. The third-order valence-corrected chi connectivity index (χ3v) is 3.29. The Morgan fingerprint density at radius 3 is 2.60 bits per heavy atom. The first-order valence-corrected chi connectivity index (χ1v) is 6.28. The number of carbonyl (C=O) groups is 1. The number of halogens is 2. The summed E-state index contributed by atoms with van der Waals surface area (Å²) >= 11 is 5.96. The molecule has 0 saturated heterocycles. The molecule has 0 atom stereocenters. The molecule has 20 heavy (non-hydrogen) atoms. The van der Waals surface area contributed by atoms with Crippen molar-refractivity contribution in [1.29, 1.82) is 0 Å². The molecule has 2 aromatic rings. The minimum absolute atomic E-state index is 0.245. The number of nitrogens with zero attached hydrogens (tertiary/aromatic N) is 1. The fourth-order valence-electron chi connectivity index (χ4n) is 1.85. The largest absolute Gasteiger partial charge is 0.465 e. The first-order valence-electron chi connectivity index (χ1n) is 5.90. The molecule has 0 bridgehead atoms. The zero-order chi connectivity index (χ0) is 14.7. The number of esters is 1. The number of para-hydroxylation sites is 1. The number of benzene rings is 2. The van der Waals surface area contributed by atoms with Gasteiger partial charge in [-0.15, -0.1) is 0 Å². The summed E-state index contributed by atoms with van der Waals surface area (Å²) in [5.74, 6) is -0.872. The maximum Gasteiger partial charge on any atom is 0.339 e. The van der Waals surface area contributed by atoms with Crippen molar-refractivity contribution in [1.82, 2.24) is 0 Å². The molecule has 0 saturated carbocycles. The molecule has 0 aliphatic rings. The van der Waals surface area contributed by atoms with Crippen molar-refractivity contribution in [3.63, 3.8) is 0 Å². The zero-order valence-corrected chi connectivity index (χ0v) is 11.8. The normalized spacial score (nSPS) is 10.2. The Morgan fingerprint density at radius 1 is 1.25 bits per heavy atom. The van der Waals surface area contributed by atoms with E-state index in [2.05, 4.69) is 4.74 Å². The van der Waals surface area contributed by atoms with E-state index in [4.69, 9.17) is 11.6 Å². The summed E-state index contributed by atoms with van der Waals surface area (Å²) in [6.07, 6.45) is 0. The van der Waals surface area contributed by atoms with Crippen molar-refractivity contribution in [3.05, 3.63) is 58.9 Å². The summed E-state index contributed by atoms with van der Waals surface area (Å²) in [6.45, 7) is 0. The molecular formula is C15H13ClFNO2. The average molecular weight is 294 g/mol. The fourth-order valence-corrected chi connectivity index (χ4v) is 2.05. The molecule has 104 valence electrons. The molecule has 0 radical (unpaired) electrons. The predicted molar refractivity (Wildman–Crippen MR) is 77.3 cm³/mol. The van der Waals surface area contributed by atoms with Gasteiger partial charge in [0.15, 0.2) is 0 Å². The molecule has 2 rings (SSSR count). The van der Waals surface area contributed by atoms with E-state index in [-0.39, 0.29) is 11.4 Å². The van der Waals surface area contributed by atoms with Crippen molar-refractivity contribution in [3.8, 4) is 0 Å². The summed E-state index contributed by atoms with van der Waals surface area (Å²) in [4.78, 5) is 13.3. The summed E-state index contributed by atoms with van der Waals surface area (Å²) in [6, 6.07) is 11.3. The van der Waals surface area contributed by atoms with Gasteiger partial charge in [0.2, 0.25) is 0 Å². The van der Waals surface area contributed by atoms with Crippen LogP contribution in [0.3, 0.4) is 0 Å². The van der Waals surface area contributed by atoms with E-state index in [1.165, 1.54) is 13.2 Å². The Balaban J connectivity index is 2.43. The van der Waals surface area contributed by atoms with Crippen LogP contribution in [0.5, 0.6) is 0 Å². The lowest BCUT2D eigenvalue weighted by Crippen LogP contribution is -2.12. The van der Waals surface area contributed by atoms with Crippen molar-refractivity contribution >= 4 is 28.9 Å². The lowest BCUT2D eigenvalue weighted by molar-refractivity contribution is 0.0601. The topological polar surface area (TPSA) is 29.5 Å². The Labute approximate surface area is 121 Å². The second-order valence-corrected chi connectivity index (χ2v) is 4.57. The van der Waals surface area contributed by atoms with Gasteiger partial charge in [-0.1, -0.05) is 23.7 Å². The quantitative estimate of drug-likeness (QED) is 0.800. The number of hydrogen-bond donors (Lipinski definition) is 0. The first-order chi connectivity index (χ1) is 9.54. The Kier molecular flexibility index (Phi) is 4.25. The van der Waals surface area contributed by atoms with Gasteiger partial charge in [0.1, 0.15) is 5.82 Å². The van der Waals surface area contributed by atoms with E-state index in [9.17, 15) is 9.18 Å². The average Bonchev–Trinajstić information content (AvgIpc) is 2.47. The number of rotatable bonds is 3. The summed E-state index contributed by atoms with van der Waals surface area (Å²) in [5, 5.41) is 0.294. The third kappa shape index (κ3) is 2.75. The lowest BCUT2D eigenvalue weighted by atomic mass is 10.1. The molecule has 0 heterocycles. The Bertz CT molecular complexity index is 646. The SMILES string of the molecule is COC(=O)c1cc(N(C)c2ccccc2F)ccc1Cl. The molecule has 0 aliphatic heterocycles. The molecule has 0 fully saturated rings. The summed E-state index contributed by atoms with van der Waals surface area (Å²) in [7, 11) is 2.99. The maximum absolute atomic E-state index is 13.8. The molecule has 0 aromatic heterocycles. The second-order valence-electron chi connectivity index (χ2n) is 4.17. The van der Waals surface area contributed by atoms with E-state index >= 15 is 0 Å². The number of carbonyl (C=O) groups excluding carboxylic acids is 1. The lowest BCUT2D eigenvalue weighted by Gasteiger charge is -2.20. The van der Waals surface area contributed by atoms with Crippen molar-refractivity contribution in [2.45, 2.75) is 0 Å². The van der Waals surface area contributed by atoms with Gasteiger partial charge in [0.05, 0.1) is 23.4 Å². The Hall–Kier alpha value is -2.07. The van der Waals surface area contributed by atoms with Crippen molar-refractivity contribution in [2.24, 2.45) is 0 Å². The van der Waals surface area contributed by atoms with E-state index in [1.807, 2.05) is 0 Å². The molecule has 5 heteroatoms. The minimum Gasteiger partial charge on any atom is -0.465 e. The smallest absolute Gasteiger partial charge is 0.339 e. The van der Waals surface area contributed by atoms with Crippen LogP contribution < -0.4 is 4.90 Å². The van der Waals surface area contributed by atoms with Gasteiger partial charge in [-0.3, -0.25) is 0 Å². The van der Waals surface area contributed by atoms with Gasteiger partial charge in [-0.2, -0.15) is 0 Å². The monoisotopic (exact) mass is 293 g/mol. The van der Waals surface area contributed by atoms with Gasteiger partial charge in [-0.25, -0.2) is 9.18 Å². The number of methoxy groups -OCH3 is 1. The van der Waals surface area contributed by atoms with Crippen LogP contribution in [-0.4, -0.2) is 20.1 Å². The number of anilines is 2. The van der Waals surface area contributed by atoms with Gasteiger partial charge in [-0.05, 0) is 30.3 Å². The van der Waals surface area contributed by atoms with Gasteiger partial charge in [0, 0.05) is 12.7 Å². The molecule has 0 spiro atoms. The maximum atomic E-state index is 13.8. The predicted octanol–water partition coefficient (Wildman–Crippen LogP) is 4.03. The summed E-state index contributed by atoms with van der Waals surface area (Å²) < 4.78 is 18.4. The second kappa shape index (κ2) is 5.92. The van der Waals surface area contributed by atoms with Gasteiger partial charge < -0.3 is 9.64 Å². The zero-order valence-electron chi connectivity index (χ0n) is 11.1.